The van der Waals surface area contributed by atoms with Gasteiger partial charge in [0.15, 0.2) is 0 Å². The summed E-state index contributed by atoms with van der Waals surface area (Å²) < 4.78 is 0. The van der Waals surface area contributed by atoms with Crippen LogP contribution in [0.15, 0.2) is 18.2 Å². The molecule has 2 rings (SSSR count). The number of halogens is 1. The van der Waals surface area contributed by atoms with E-state index in [0.717, 1.165) is 10.7 Å². The van der Waals surface area contributed by atoms with Crippen LogP contribution in [0.4, 0.5) is 5.69 Å². The molecule has 1 nitrogen and oxygen atoms in total. The molecule has 1 aliphatic carbocycles. The molecule has 0 bridgehead atoms. The molecule has 0 amide bonds. The molecule has 2 N–H and O–H groups in total. The molecule has 1 aromatic carbocycles. The number of nitrogens with two attached hydrogens (primary N) is 1. The number of nitrogen functional groups attached to an aromatic ring is 1. The topological polar surface area (TPSA) is 26.0 Å². The minimum absolute atomic E-state index is 0.697. The Kier molecular flexibility index (Phi) is 1.97. The van der Waals surface area contributed by atoms with Crippen molar-refractivity contribution in [2.24, 2.45) is 0 Å². The van der Waals surface area contributed by atoms with Crippen LogP contribution < -0.4 is 5.73 Å². The van der Waals surface area contributed by atoms with Gasteiger partial charge in [-0.15, -0.1) is 0 Å². The second kappa shape index (κ2) is 2.98. The molecule has 12 heavy (non-hydrogen) atoms. The largest absolute Gasteiger partial charge is 0.398 e. The molecule has 0 spiro atoms. The van der Waals surface area contributed by atoms with Crippen LogP contribution >= 0.6 is 11.6 Å². The maximum atomic E-state index is 5.85. The van der Waals surface area contributed by atoms with Gasteiger partial charge in [0.2, 0.25) is 0 Å². The van der Waals surface area contributed by atoms with Crippen molar-refractivity contribution in [3.8, 4) is 0 Å². The molecule has 1 fully saturated rings. The number of anilines is 1. The SMILES string of the molecule is Nc1cc(Cl)ccc1C1CCC1. The number of hydrogen-bond acceptors (Lipinski definition) is 1. The monoisotopic (exact) mass is 181 g/mol. The van der Waals surface area contributed by atoms with Gasteiger partial charge in [-0.1, -0.05) is 24.1 Å². The van der Waals surface area contributed by atoms with Gasteiger partial charge in [-0.2, -0.15) is 0 Å². The molecule has 2 heteroatoms. The first-order valence-corrected chi connectivity index (χ1v) is 4.70. The molecule has 0 unspecified atom stereocenters. The minimum atomic E-state index is 0.697. The quantitative estimate of drug-likeness (QED) is 0.662. The van der Waals surface area contributed by atoms with E-state index in [2.05, 4.69) is 6.07 Å². The Balaban J connectivity index is 2.31. The van der Waals surface area contributed by atoms with Gasteiger partial charge in [0.05, 0.1) is 0 Å². The summed E-state index contributed by atoms with van der Waals surface area (Å²) in [6.45, 7) is 0. The first kappa shape index (κ1) is 7.93. The summed E-state index contributed by atoms with van der Waals surface area (Å²) in [6.07, 6.45) is 3.91. The van der Waals surface area contributed by atoms with Crippen molar-refractivity contribution in [1.82, 2.24) is 0 Å². The third-order valence-electron chi connectivity index (χ3n) is 2.59. The van der Waals surface area contributed by atoms with Gasteiger partial charge in [-0.25, -0.2) is 0 Å². The molecule has 1 saturated carbocycles. The standard InChI is InChI=1S/C10H12ClN/c11-8-4-5-9(10(12)6-8)7-2-1-3-7/h4-7H,1-3,12H2. The van der Waals surface area contributed by atoms with Gasteiger partial charge in [0.25, 0.3) is 0 Å². The normalized spacial score (nSPS) is 17.4. The van der Waals surface area contributed by atoms with Crippen molar-refractivity contribution < 1.29 is 0 Å². The fraction of sp³-hybridized carbons (Fsp3) is 0.400. The van der Waals surface area contributed by atoms with Gasteiger partial charge in [0.1, 0.15) is 0 Å². The van der Waals surface area contributed by atoms with E-state index in [1.54, 1.807) is 0 Å². The van der Waals surface area contributed by atoms with E-state index >= 15 is 0 Å². The first-order valence-electron chi connectivity index (χ1n) is 4.32. The molecule has 0 atom stereocenters. The van der Waals surface area contributed by atoms with Gasteiger partial charge < -0.3 is 5.73 Å². The van der Waals surface area contributed by atoms with E-state index in [0.29, 0.717) is 5.92 Å². The summed E-state index contributed by atoms with van der Waals surface area (Å²) in [4.78, 5) is 0. The molecule has 0 aromatic heterocycles. The molecule has 0 radical (unpaired) electrons. The van der Waals surface area contributed by atoms with Crippen LogP contribution in [0, 0.1) is 0 Å². The van der Waals surface area contributed by atoms with Crippen LogP contribution in [-0.2, 0) is 0 Å². The van der Waals surface area contributed by atoms with Crippen LogP contribution in [0.1, 0.15) is 30.7 Å². The predicted molar refractivity (Wildman–Crippen MR) is 52.5 cm³/mol. The van der Waals surface area contributed by atoms with E-state index < -0.39 is 0 Å². The zero-order valence-corrected chi connectivity index (χ0v) is 7.64. The van der Waals surface area contributed by atoms with E-state index in [1.165, 1.54) is 24.8 Å². The maximum absolute atomic E-state index is 5.85. The molecule has 0 heterocycles. The first-order chi connectivity index (χ1) is 5.77. The lowest BCUT2D eigenvalue weighted by Crippen LogP contribution is -2.10. The third-order valence-corrected chi connectivity index (χ3v) is 2.83. The van der Waals surface area contributed by atoms with Crippen molar-refractivity contribution in [2.45, 2.75) is 25.2 Å². The smallest absolute Gasteiger partial charge is 0.0426 e. The average molecular weight is 182 g/mol. The Morgan fingerprint density at radius 1 is 1.33 bits per heavy atom. The van der Waals surface area contributed by atoms with Crippen molar-refractivity contribution >= 4 is 17.3 Å². The lowest BCUT2D eigenvalue weighted by Gasteiger charge is -2.26. The van der Waals surface area contributed by atoms with E-state index in [1.807, 2.05) is 12.1 Å². The average Bonchev–Trinajstić information content (AvgIpc) is 1.91. The highest BCUT2D eigenvalue weighted by molar-refractivity contribution is 6.30. The van der Waals surface area contributed by atoms with Crippen molar-refractivity contribution in [3.63, 3.8) is 0 Å². The lowest BCUT2D eigenvalue weighted by atomic mass is 9.79. The molecule has 1 aliphatic rings. The molecular weight excluding hydrogens is 170 g/mol. The Labute approximate surface area is 77.5 Å². The van der Waals surface area contributed by atoms with Crippen LogP contribution in [-0.4, -0.2) is 0 Å². The van der Waals surface area contributed by atoms with Crippen LogP contribution in [0.2, 0.25) is 5.02 Å². The lowest BCUT2D eigenvalue weighted by molar-refractivity contribution is 0.421. The van der Waals surface area contributed by atoms with Gasteiger partial charge in [-0.3, -0.25) is 0 Å². The Hall–Kier alpha value is -0.690. The highest BCUT2D eigenvalue weighted by atomic mass is 35.5. The Bertz CT molecular complexity index is 292. The van der Waals surface area contributed by atoms with E-state index in [9.17, 15) is 0 Å². The highest BCUT2D eigenvalue weighted by Gasteiger charge is 2.21. The summed E-state index contributed by atoms with van der Waals surface area (Å²) in [6, 6.07) is 5.82. The zero-order chi connectivity index (χ0) is 8.55. The maximum Gasteiger partial charge on any atom is 0.0426 e. The molecule has 1 aromatic rings. The van der Waals surface area contributed by atoms with Crippen molar-refractivity contribution in [3.05, 3.63) is 28.8 Å². The molecule has 0 aliphatic heterocycles. The molecular formula is C10H12ClN. The number of hydrogen-bond donors (Lipinski definition) is 1. The number of benzene rings is 1. The van der Waals surface area contributed by atoms with E-state index in [-0.39, 0.29) is 0 Å². The third kappa shape index (κ3) is 1.29. The fourth-order valence-corrected chi connectivity index (χ4v) is 1.82. The van der Waals surface area contributed by atoms with Gasteiger partial charge in [0, 0.05) is 10.7 Å². The molecule has 64 valence electrons. The summed E-state index contributed by atoms with van der Waals surface area (Å²) >= 11 is 5.80. The van der Waals surface area contributed by atoms with Crippen molar-refractivity contribution in [1.29, 1.82) is 0 Å². The summed E-state index contributed by atoms with van der Waals surface area (Å²) in [5.74, 6) is 0.697. The van der Waals surface area contributed by atoms with Gasteiger partial charge in [-0.05, 0) is 36.5 Å². The van der Waals surface area contributed by atoms with Crippen LogP contribution in [0.3, 0.4) is 0 Å². The Morgan fingerprint density at radius 3 is 2.58 bits per heavy atom. The highest BCUT2D eigenvalue weighted by Crippen LogP contribution is 2.39. The zero-order valence-electron chi connectivity index (χ0n) is 6.89. The van der Waals surface area contributed by atoms with Crippen LogP contribution in [0.25, 0.3) is 0 Å². The van der Waals surface area contributed by atoms with Crippen LogP contribution in [0.5, 0.6) is 0 Å². The van der Waals surface area contributed by atoms with Gasteiger partial charge >= 0.3 is 0 Å². The summed E-state index contributed by atoms with van der Waals surface area (Å²) in [5, 5.41) is 0.732. The second-order valence-electron chi connectivity index (χ2n) is 3.40. The van der Waals surface area contributed by atoms with E-state index in [4.69, 9.17) is 17.3 Å². The Morgan fingerprint density at radius 2 is 2.08 bits per heavy atom. The molecule has 0 saturated heterocycles. The predicted octanol–water partition coefficient (Wildman–Crippen LogP) is 3.19. The van der Waals surface area contributed by atoms with Crippen molar-refractivity contribution in [2.75, 3.05) is 5.73 Å². The number of rotatable bonds is 1. The second-order valence-corrected chi connectivity index (χ2v) is 3.84. The minimum Gasteiger partial charge on any atom is -0.398 e. The fourth-order valence-electron chi connectivity index (χ4n) is 1.64. The summed E-state index contributed by atoms with van der Waals surface area (Å²) in [5.41, 5.74) is 7.98. The summed E-state index contributed by atoms with van der Waals surface area (Å²) in [7, 11) is 0.